The summed E-state index contributed by atoms with van der Waals surface area (Å²) >= 11 is 1.05. The van der Waals surface area contributed by atoms with Crippen LogP contribution in [0.5, 0.6) is 0 Å². The predicted molar refractivity (Wildman–Crippen MR) is 98.2 cm³/mol. The molecule has 1 atom stereocenters. The van der Waals surface area contributed by atoms with Crippen LogP contribution < -0.4 is 5.32 Å². The number of nitrogens with one attached hydrogen (secondary N) is 1. The lowest BCUT2D eigenvalue weighted by Gasteiger charge is -2.24. The van der Waals surface area contributed by atoms with Gasteiger partial charge < -0.3 is 10.4 Å². The third-order valence-corrected chi connectivity index (χ3v) is 5.80. The number of hydrogen-bond donors (Lipinski definition) is 2. The highest BCUT2D eigenvalue weighted by Crippen LogP contribution is 2.49. The molecule has 2 heterocycles. The van der Waals surface area contributed by atoms with Crippen molar-refractivity contribution in [2.24, 2.45) is 0 Å². The van der Waals surface area contributed by atoms with Crippen molar-refractivity contribution in [3.8, 4) is 11.1 Å². The second-order valence-corrected chi connectivity index (χ2v) is 7.25. The molecular formula is C20H13F2NO3S. The van der Waals surface area contributed by atoms with Gasteiger partial charge in [-0.25, -0.2) is 13.6 Å². The molecule has 1 aliphatic rings. The number of benzene rings is 2. The van der Waals surface area contributed by atoms with E-state index in [4.69, 9.17) is 0 Å². The number of carboxylic acid groups (broad SMARTS) is 1. The summed E-state index contributed by atoms with van der Waals surface area (Å²) < 4.78 is 27.0. The molecule has 0 radical (unpaired) electrons. The Bertz CT molecular complexity index is 1060. The van der Waals surface area contributed by atoms with Gasteiger partial charge in [0.15, 0.2) is 11.6 Å². The Morgan fingerprint density at radius 2 is 1.85 bits per heavy atom. The minimum absolute atomic E-state index is 0.0336. The Morgan fingerprint density at radius 1 is 1.11 bits per heavy atom. The van der Waals surface area contributed by atoms with E-state index >= 15 is 0 Å². The van der Waals surface area contributed by atoms with Crippen molar-refractivity contribution in [1.29, 1.82) is 0 Å². The number of carbonyl (C=O) groups excluding carboxylic acids is 1. The highest BCUT2D eigenvalue weighted by atomic mass is 32.1. The molecule has 0 spiro atoms. The molecule has 1 amide bonds. The molecule has 4 nitrogen and oxygen atoms in total. The maximum absolute atomic E-state index is 13.7. The van der Waals surface area contributed by atoms with Gasteiger partial charge in [0.05, 0.1) is 5.69 Å². The molecule has 136 valence electrons. The Balaban J connectivity index is 1.94. The van der Waals surface area contributed by atoms with Crippen LogP contribution in [-0.4, -0.2) is 17.0 Å². The number of carbonyl (C=O) groups is 2. The maximum atomic E-state index is 13.7. The minimum atomic E-state index is -1.11. The van der Waals surface area contributed by atoms with E-state index < -0.39 is 23.5 Å². The molecule has 3 aromatic rings. The summed E-state index contributed by atoms with van der Waals surface area (Å²) in [5.41, 5.74) is 1.96. The Hall–Kier alpha value is -3.06. The smallest absolute Gasteiger partial charge is 0.346 e. The topological polar surface area (TPSA) is 66.4 Å². The van der Waals surface area contributed by atoms with Gasteiger partial charge in [0.25, 0.3) is 0 Å². The summed E-state index contributed by atoms with van der Waals surface area (Å²) in [7, 11) is 0. The Labute approximate surface area is 157 Å². The number of rotatable bonds is 3. The zero-order chi connectivity index (χ0) is 19.1. The van der Waals surface area contributed by atoms with Crippen molar-refractivity contribution >= 4 is 28.9 Å². The first-order valence-electron chi connectivity index (χ1n) is 8.16. The summed E-state index contributed by atoms with van der Waals surface area (Å²) in [5, 5.41) is 12.4. The summed E-state index contributed by atoms with van der Waals surface area (Å²) in [4.78, 5) is 24.8. The van der Waals surface area contributed by atoms with Gasteiger partial charge in [-0.1, -0.05) is 36.4 Å². The molecule has 2 N–H and O–H groups in total. The number of carboxylic acids is 1. The van der Waals surface area contributed by atoms with Crippen LogP contribution in [0.2, 0.25) is 0 Å². The standard InChI is InChI=1S/C20H13F2NO3S/c21-13-7-6-11(8-14(13)22)12-9-15(24)23-17-16(10-4-2-1-3-5-10)19(20(25)26)27-18(12)17/h1-8,12H,9H2,(H,23,24)(H,25,26). The molecule has 0 saturated carbocycles. The maximum Gasteiger partial charge on any atom is 0.346 e. The minimum Gasteiger partial charge on any atom is -0.477 e. The molecule has 4 rings (SSSR count). The van der Waals surface area contributed by atoms with Gasteiger partial charge in [0, 0.05) is 22.8 Å². The molecular weight excluding hydrogens is 372 g/mol. The lowest BCUT2D eigenvalue weighted by Crippen LogP contribution is -2.22. The van der Waals surface area contributed by atoms with Crippen molar-refractivity contribution in [2.45, 2.75) is 12.3 Å². The van der Waals surface area contributed by atoms with E-state index in [0.717, 1.165) is 23.5 Å². The van der Waals surface area contributed by atoms with Gasteiger partial charge in [-0.3, -0.25) is 4.79 Å². The third-order valence-electron chi connectivity index (χ3n) is 4.51. The highest BCUT2D eigenvalue weighted by molar-refractivity contribution is 7.15. The van der Waals surface area contributed by atoms with E-state index in [1.807, 2.05) is 6.07 Å². The molecule has 0 aliphatic carbocycles. The van der Waals surface area contributed by atoms with Gasteiger partial charge in [-0.2, -0.15) is 0 Å². The number of amides is 1. The molecule has 0 saturated heterocycles. The van der Waals surface area contributed by atoms with Gasteiger partial charge in [0.1, 0.15) is 4.88 Å². The van der Waals surface area contributed by atoms with Crippen molar-refractivity contribution in [3.05, 3.63) is 75.5 Å². The lowest BCUT2D eigenvalue weighted by atomic mass is 9.88. The fourth-order valence-electron chi connectivity index (χ4n) is 3.32. The number of halogens is 2. The van der Waals surface area contributed by atoms with Crippen LogP contribution >= 0.6 is 11.3 Å². The van der Waals surface area contributed by atoms with Gasteiger partial charge in [0.2, 0.25) is 5.91 Å². The monoisotopic (exact) mass is 385 g/mol. The van der Waals surface area contributed by atoms with E-state index in [0.29, 0.717) is 27.3 Å². The summed E-state index contributed by atoms with van der Waals surface area (Å²) in [6.07, 6.45) is 0.0336. The van der Waals surface area contributed by atoms with Crippen LogP contribution in [0.1, 0.15) is 32.5 Å². The van der Waals surface area contributed by atoms with Crippen LogP contribution in [0.3, 0.4) is 0 Å². The fraction of sp³-hybridized carbons (Fsp3) is 0.100. The fourth-order valence-corrected chi connectivity index (χ4v) is 4.56. The summed E-state index contributed by atoms with van der Waals surface area (Å²) in [6, 6.07) is 12.4. The molecule has 27 heavy (non-hydrogen) atoms. The van der Waals surface area contributed by atoms with Crippen LogP contribution in [0.4, 0.5) is 14.5 Å². The van der Waals surface area contributed by atoms with Crippen molar-refractivity contribution in [3.63, 3.8) is 0 Å². The third kappa shape index (κ3) is 3.00. The van der Waals surface area contributed by atoms with E-state index in [9.17, 15) is 23.5 Å². The normalized spacial score (nSPS) is 15.9. The predicted octanol–water partition coefficient (Wildman–Crippen LogP) is 4.87. The summed E-state index contributed by atoms with van der Waals surface area (Å²) in [5.74, 6) is -3.92. The Morgan fingerprint density at radius 3 is 2.52 bits per heavy atom. The van der Waals surface area contributed by atoms with Gasteiger partial charge >= 0.3 is 5.97 Å². The summed E-state index contributed by atoms with van der Waals surface area (Å²) in [6.45, 7) is 0. The van der Waals surface area contributed by atoms with Gasteiger partial charge in [-0.15, -0.1) is 11.3 Å². The zero-order valence-electron chi connectivity index (χ0n) is 13.8. The van der Waals surface area contributed by atoms with E-state index in [2.05, 4.69) is 5.32 Å². The number of anilines is 1. The lowest BCUT2D eigenvalue weighted by molar-refractivity contribution is -0.116. The van der Waals surface area contributed by atoms with Crippen LogP contribution in [0, 0.1) is 11.6 Å². The largest absolute Gasteiger partial charge is 0.477 e. The molecule has 1 aromatic heterocycles. The first-order chi connectivity index (χ1) is 13.0. The second-order valence-electron chi connectivity index (χ2n) is 6.20. The van der Waals surface area contributed by atoms with Crippen LogP contribution in [0.15, 0.2) is 48.5 Å². The molecule has 1 aliphatic heterocycles. The van der Waals surface area contributed by atoms with Crippen molar-refractivity contribution in [1.82, 2.24) is 0 Å². The number of fused-ring (bicyclic) bond motifs is 1. The average Bonchev–Trinajstić information content (AvgIpc) is 3.03. The average molecular weight is 385 g/mol. The van der Waals surface area contributed by atoms with E-state index in [-0.39, 0.29) is 17.2 Å². The second kappa shape index (κ2) is 6.59. The van der Waals surface area contributed by atoms with E-state index in [1.54, 1.807) is 24.3 Å². The van der Waals surface area contributed by atoms with Crippen molar-refractivity contribution < 1.29 is 23.5 Å². The first kappa shape index (κ1) is 17.4. The Kier molecular flexibility index (Phi) is 4.24. The van der Waals surface area contributed by atoms with Crippen LogP contribution in [-0.2, 0) is 4.79 Å². The zero-order valence-corrected chi connectivity index (χ0v) is 14.6. The highest BCUT2D eigenvalue weighted by Gasteiger charge is 2.34. The van der Waals surface area contributed by atoms with Crippen molar-refractivity contribution in [2.75, 3.05) is 5.32 Å². The van der Waals surface area contributed by atoms with E-state index in [1.165, 1.54) is 6.07 Å². The molecule has 0 fully saturated rings. The molecule has 0 bridgehead atoms. The van der Waals surface area contributed by atoms with Gasteiger partial charge in [-0.05, 0) is 23.3 Å². The molecule has 1 unspecified atom stereocenters. The first-order valence-corrected chi connectivity index (χ1v) is 8.97. The number of aromatic carboxylic acids is 1. The molecule has 7 heteroatoms. The number of thiophene rings is 1. The van der Waals surface area contributed by atoms with Crippen LogP contribution in [0.25, 0.3) is 11.1 Å². The SMILES string of the molecule is O=C1CC(c2ccc(F)c(F)c2)c2sc(C(=O)O)c(-c3ccccc3)c2N1. The number of hydrogen-bond acceptors (Lipinski definition) is 3. The molecule has 2 aromatic carbocycles. The quantitative estimate of drug-likeness (QED) is 0.676.